The second kappa shape index (κ2) is 50.2. The van der Waals surface area contributed by atoms with E-state index in [-0.39, 0.29) is 44.0 Å². The zero-order chi connectivity index (χ0) is 45.8. The lowest BCUT2D eigenvalue weighted by Crippen LogP contribution is -2.30. The smallest absolute Gasteiger partial charge is 0.306 e. The Kier molecular flexibility index (Phi) is 46.7. The molecule has 0 heterocycles. The fourth-order valence-corrected chi connectivity index (χ4v) is 6.27. The fourth-order valence-electron chi connectivity index (χ4n) is 6.27. The van der Waals surface area contributed by atoms with E-state index in [0.29, 0.717) is 19.3 Å². The fraction of sp³-hybridized carbons (Fsp3) is 0.561. The molecule has 352 valence electrons. The molecule has 1 unspecified atom stereocenters. The van der Waals surface area contributed by atoms with Crippen molar-refractivity contribution in [2.24, 2.45) is 0 Å². The summed E-state index contributed by atoms with van der Waals surface area (Å²) >= 11 is 0. The first-order chi connectivity index (χ1) is 31.0. The van der Waals surface area contributed by atoms with Crippen molar-refractivity contribution in [3.63, 3.8) is 0 Å². The average Bonchev–Trinajstić information content (AvgIpc) is 3.28. The van der Waals surface area contributed by atoms with Crippen molar-refractivity contribution >= 4 is 17.9 Å². The van der Waals surface area contributed by atoms with Gasteiger partial charge < -0.3 is 14.2 Å². The largest absolute Gasteiger partial charge is 0.462 e. The summed E-state index contributed by atoms with van der Waals surface area (Å²) < 4.78 is 16.7. The number of hydrogen-bond donors (Lipinski definition) is 0. The Morgan fingerprint density at radius 2 is 0.635 bits per heavy atom. The lowest BCUT2D eigenvalue weighted by atomic mass is 10.0. The summed E-state index contributed by atoms with van der Waals surface area (Å²) in [7, 11) is 0. The number of rotatable bonds is 42. The average molecular weight is 869 g/mol. The van der Waals surface area contributed by atoms with Crippen molar-refractivity contribution in [3.8, 4) is 0 Å². The van der Waals surface area contributed by atoms with Gasteiger partial charge in [0.1, 0.15) is 13.2 Å². The molecule has 0 bridgehead atoms. The van der Waals surface area contributed by atoms with Crippen LogP contribution in [0.1, 0.15) is 188 Å². The molecule has 0 aliphatic heterocycles. The normalized spacial score (nSPS) is 13.3. The van der Waals surface area contributed by atoms with E-state index in [9.17, 15) is 14.4 Å². The maximum absolute atomic E-state index is 12.8. The van der Waals surface area contributed by atoms with Gasteiger partial charge >= 0.3 is 17.9 Å². The minimum Gasteiger partial charge on any atom is -0.462 e. The predicted octanol–water partition coefficient (Wildman–Crippen LogP) is 16.3. The molecular weight excluding hydrogens is 781 g/mol. The van der Waals surface area contributed by atoms with E-state index in [1.807, 2.05) is 115 Å². The molecule has 0 aromatic rings. The summed E-state index contributed by atoms with van der Waals surface area (Å²) in [6.45, 7) is 6.22. The molecule has 6 nitrogen and oxygen atoms in total. The SMILES string of the molecule is CC\C=C/C=C\C=C/C=C\C=C/CCCC(=O)OCC(COC(=O)CCCCC\C=C/C=C/C=C\C=C/C=C\C=C/CC)OC(=O)CCCCCCCCCCCCCCCCC. The van der Waals surface area contributed by atoms with E-state index in [0.717, 1.165) is 57.8 Å². The van der Waals surface area contributed by atoms with Crippen molar-refractivity contribution in [3.05, 3.63) is 134 Å². The monoisotopic (exact) mass is 869 g/mol. The zero-order valence-corrected chi connectivity index (χ0v) is 40.0. The summed E-state index contributed by atoms with van der Waals surface area (Å²) in [6.07, 6.45) is 70.1. The molecule has 0 spiro atoms. The molecule has 0 aromatic carbocycles. The highest BCUT2D eigenvalue weighted by Gasteiger charge is 2.19. The van der Waals surface area contributed by atoms with Gasteiger partial charge in [0.15, 0.2) is 6.10 Å². The molecule has 0 aromatic heterocycles. The van der Waals surface area contributed by atoms with Gasteiger partial charge in [0.2, 0.25) is 0 Å². The van der Waals surface area contributed by atoms with Crippen LogP contribution in [0, 0.1) is 0 Å². The Balaban J connectivity index is 4.59. The Morgan fingerprint density at radius 3 is 1.03 bits per heavy atom. The Bertz CT molecular complexity index is 1420. The first-order valence-corrected chi connectivity index (χ1v) is 24.8. The molecule has 0 saturated heterocycles. The number of carbonyl (C=O) groups is 3. The minimum atomic E-state index is -0.828. The Morgan fingerprint density at radius 1 is 0.333 bits per heavy atom. The van der Waals surface area contributed by atoms with Crippen LogP contribution in [0.5, 0.6) is 0 Å². The highest BCUT2D eigenvalue weighted by atomic mass is 16.6. The number of esters is 3. The first-order valence-electron chi connectivity index (χ1n) is 24.8. The van der Waals surface area contributed by atoms with Gasteiger partial charge in [-0.15, -0.1) is 0 Å². The van der Waals surface area contributed by atoms with Crippen LogP contribution in [0.15, 0.2) is 134 Å². The number of ether oxygens (including phenoxy) is 3. The molecule has 63 heavy (non-hydrogen) atoms. The number of hydrogen-bond acceptors (Lipinski definition) is 6. The van der Waals surface area contributed by atoms with Gasteiger partial charge in [-0.05, 0) is 51.4 Å². The van der Waals surface area contributed by atoms with E-state index in [1.165, 1.54) is 77.0 Å². The number of carbonyl (C=O) groups excluding carboxylic acids is 3. The van der Waals surface area contributed by atoms with Gasteiger partial charge in [-0.2, -0.15) is 0 Å². The molecule has 0 radical (unpaired) electrons. The summed E-state index contributed by atoms with van der Waals surface area (Å²) in [5, 5.41) is 0. The first kappa shape index (κ1) is 58.6. The Labute approximate surface area is 385 Å². The van der Waals surface area contributed by atoms with Gasteiger partial charge in [-0.3, -0.25) is 14.4 Å². The number of allylic oxidation sites excluding steroid dienone is 22. The van der Waals surface area contributed by atoms with Gasteiger partial charge in [0, 0.05) is 19.3 Å². The maximum atomic E-state index is 12.8. The van der Waals surface area contributed by atoms with Crippen LogP contribution in [-0.2, 0) is 28.6 Å². The van der Waals surface area contributed by atoms with Crippen molar-refractivity contribution in [2.75, 3.05) is 13.2 Å². The van der Waals surface area contributed by atoms with Crippen molar-refractivity contribution < 1.29 is 28.6 Å². The molecule has 0 rings (SSSR count). The second-order valence-corrected chi connectivity index (χ2v) is 15.9. The van der Waals surface area contributed by atoms with E-state index in [4.69, 9.17) is 14.2 Å². The van der Waals surface area contributed by atoms with Crippen LogP contribution in [0.25, 0.3) is 0 Å². The molecule has 0 aliphatic rings. The zero-order valence-electron chi connectivity index (χ0n) is 40.0. The highest BCUT2D eigenvalue weighted by Crippen LogP contribution is 2.15. The van der Waals surface area contributed by atoms with Crippen LogP contribution in [0.2, 0.25) is 0 Å². The molecule has 0 fully saturated rings. The van der Waals surface area contributed by atoms with Gasteiger partial charge in [-0.1, -0.05) is 251 Å². The predicted molar refractivity (Wildman–Crippen MR) is 269 cm³/mol. The molecule has 0 amide bonds. The van der Waals surface area contributed by atoms with Crippen LogP contribution >= 0.6 is 0 Å². The van der Waals surface area contributed by atoms with E-state index in [2.05, 4.69) is 39.0 Å². The van der Waals surface area contributed by atoms with Gasteiger partial charge in [0.25, 0.3) is 0 Å². The molecule has 0 N–H and O–H groups in total. The molecule has 1 atom stereocenters. The molecule has 0 aliphatic carbocycles. The topological polar surface area (TPSA) is 78.9 Å². The Hall–Kier alpha value is -4.45. The third kappa shape index (κ3) is 48.4. The summed E-state index contributed by atoms with van der Waals surface area (Å²) in [6, 6.07) is 0. The van der Waals surface area contributed by atoms with E-state index < -0.39 is 6.10 Å². The van der Waals surface area contributed by atoms with Crippen LogP contribution in [-0.4, -0.2) is 37.2 Å². The van der Waals surface area contributed by atoms with Crippen molar-refractivity contribution in [1.29, 1.82) is 0 Å². The van der Waals surface area contributed by atoms with Crippen molar-refractivity contribution in [1.82, 2.24) is 0 Å². The molecule has 0 saturated carbocycles. The molecular formula is C57H88O6. The molecule has 6 heteroatoms. The van der Waals surface area contributed by atoms with Crippen LogP contribution < -0.4 is 0 Å². The lowest BCUT2D eigenvalue weighted by molar-refractivity contribution is -0.167. The quantitative estimate of drug-likeness (QED) is 0.0263. The van der Waals surface area contributed by atoms with E-state index in [1.54, 1.807) is 0 Å². The minimum absolute atomic E-state index is 0.127. The summed E-state index contributed by atoms with van der Waals surface area (Å²) in [4.78, 5) is 37.9. The van der Waals surface area contributed by atoms with E-state index >= 15 is 0 Å². The van der Waals surface area contributed by atoms with Gasteiger partial charge in [-0.25, -0.2) is 0 Å². The number of unbranched alkanes of at least 4 members (excludes halogenated alkanes) is 18. The highest BCUT2D eigenvalue weighted by molar-refractivity contribution is 5.71. The van der Waals surface area contributed by atoms with Crippen LogP contribution in [0.4, 0.5) is 0 Å². The standard InChI is InChI=1S/C57H88O6/c1-4-7-10-13-16-19-22-25-27-28-30-32-35-38-41-44-47-50-56(59)62-53-54(52-61-55(58)49-46-43-40-37-34-31-24-21-18-15-12-9-6-3)63-57(60)51-48-45-42-39-36-33-29-26-23-20-17-14-11-8-5-2/h7,9-10,12-13,15-16,18-19,21-22,24-25,27-28,30-32,34-35,37,40,54H,4-6,8,11,14,17,20,23,26,29,33,36,38-39,41-53H2,1-3H3/b10-7-,12-9-,16-13-,18-15-,22-19-,24-21-,27-25-,30-28+,34-31-,35-32-,40-37-. The van der Waals surface area contributed by atoms with Gasteiger partial charge in [0.05, 0.1) is 0 Å². The third-order valence-corrected chi connectivity index (χ3v) is 9.94. The summed E-state index contributed by atoms with van der Waals surface area (Å²) in [5.41, 5.74) is 0. The lowest BCUT2D eigenvalue weighted by Gasteiger charge is -2.18. The third-order valence-electron chi connectivity index (χ3n) is 9.94. The maximum Gasteiger partial charge on any atom is 0.306 e. The summed E-state index contributed by atoms with van der Waals surface area (Å²) in [5.74, 6) is -1.05. The van der Waals surface area contributed by atoms with Crippen molar-refractivity contribution in [2.45, 2.75) is 194 Å². The second-order valence-electron chi connectivity index (χ2n) is 15.9. The van der Waals surface area contributed by atoms with Crippen LogP contribution in [0.3, 0.4) is 0 Å².